The summed E-state index contributed by atoms with van der Waals surface area (Å²) in [6.07, 6.45) is 1.69. The molecule has 1 N–H and O–H groups in total. The zero-order valence-corrected chi connectivity index (χ0v) is 12.4. The van der Waals surface area contributed by atoms with Gasteiger partial charge in [-0.3, -0.25) is 0 Å². The summed E-state index contributed by atoms with van der Waals surface area (Å²) >= 11 is 0. The third-order valence-corrected chi connectivity index (χ3v) is 5.55. The molecule has 5 nitrogen and oxygen atoms in total. The fraction of sp³-hybridized carbons (Fsp3) is 0.357. The van der Waals surface area contributed by atoms with Crippen molar-refractivity contribution in [3.8, 4) is 0 Å². The summed E-state index contributed by atoms with van der Waals surface area (Å²) in [5.74, 6) is -1.20. The van der Waals surface area contributed by atoms with E-state index in [2.05, 4.69) is 0 Å². The topological polar surface area (TPSA) is 76.4 Å². The van der Waals surface area contributed by atoms with Gasteiger partial charge >= 0.3 is 5.97 Å². The van der Waals surface area contributed by atoms with Crippen molar-refractivity contribution in [2.45, 2.75) is 24.9 Å². The Hall–Kier alpha value is -1.82. The van der Waals surface area contributed by atoms with Gasteiger partial charge in [-0.15, -0.1) is 0 Å². The minimum absolute atomic E-state index is 0.136. The number of nitrogens with zero attached hydrogens (tertiary/aromatic N) is 1. The number of aryl methyl sites for hydroxylation is 1. The molecular weight excluding hydrogens is 278 g/mol. The van der Waals surface area contributed by atoms with Crippen LogP contribution in [0.3, 0.4) is 0 Å². The number of benzene rings is 1. The first-order valence-corrected chi connectivity index (χ1v) is 7.97. The van der Waals surface area contributed by atoms with E-state index in [-0.39, 0.29) is 11.3 Å². The molecule has 1 aromatic carbocycles. The van der Waals surface area contributed by atoms with E-state index in [1.54, 1.807) is 43.8 Å². The molecule has 0 aliphatic rings. The minimum Gasteiger partial charge on any atom is -0.478 e. The molecular formula is C14H17NO4S. The molecule has 108 valence electrons. The maximum atomic E-state index is 12.1. The number of aromatic nitrogens is 1. The summed E-state index contributed by atoms with van der Waals surface area (Å²) in [5, 5.41) is 9.28. The number of rotatable bonds is 4. The Balaban J connectivity index is 2.69. The molecule has 1 heterocycles. The van der Waals surface area contributed by atoms with Gasteiger partial charge in [-0.1, -0.05) is 6.07 Å². The predicted molar refractivity (Wildman–Crippen MR) is 77.6 cm³/mol. The van der Waals surface area contributed by atoms with Crippen molar-refractivity contribution in [3.05, 3.63) is 35.5 Å². The number of sulfone groups is 1. The average molecular weight is 295 g/mol. The van der Waals surface area contributed by atoms with Crippen LogP contribution in [0, 0.1) is 0 Å². The van der Waals surface area contributed by atoms with Crippen molar-refractivity contribution < 1.29 is 18.3 Å². The van der Waals surface area contributed by atoms with E-state index in [0.29, 0.717) is 10.9 Å². The highest BCUT2D eigenvalue weighted by molar-refractivity contribution is 7.91. The number of hydrogen-bond donors (Lipinski definition) is 1. The Morgan fingerprint density at radius 1 is 1.35 bits per heavy atom. The number of carboxylic acid groups (broad SMARTS) is 1. The smallest absolute Gasteiger partial charge is 0.336 e. The van der Waals surface area contributed by atoms with E-state index in [1.165, 1.54) is 6.07 Å². The van der Waals surface area contributed by atoms with E-state index in [1.807, 2.05) is 0 Å². The highest BCUT2D eigenvalue weighted by Crippen LogP contribution is 2.27. The molecule has 2 rings (SSSR count). The normalized spacial score (nSPS) is 12.2. The third kappa shape index (κ3) is 2.43. The van der Waals surface area contributed by atoms with Gasteiger partial charge in [0.25, 0.3) is 0 Å². The van der Waals surface area contributed by atoms with Gasteiger partial charge in [0.2, 0.25) is 0 Å². The van der Waals surface area contributed by atoms with Gasteiger partial charge in [0.15, 0.2) is 9.84 Å². The van der Waals surface area contributed by atoms with E-state index in [0.717, 1.165) is 5.52 Å². The Labute approximate surface area is 117 Å². The van der Waals surface area contributed by atoms with E-state index in [4.69, 9.17) is 0 Å². The Morgan fingerprint density at radius 2 is 2.00 bits per heavy atom. The average Bonchev–Trinajstić information content (AvgIpc) is 2.65. The lowest BCUT2D eigenvalue weighted by Crippen LogP contribution is -2.16. The van der Waals surface area contributed by atoms with Crippen LogP contribution < -0.4 is 0 Å². The number of hydrogen-bond acceptors (Lipinski definition) is 3. The van der Waals surface area contributed by atoms with Crippen molar-refractivity contribution in [3.63, 3.8) is 0 Å². The van der Waals surface area contributed by atoms with Gasteiger partial charge in [0, 0.05) is 24.1 Å². The van der Waals surface area contributed by atoms with Gasteiger partial charge < -0.3 is 9.67 Å². The maximum absolute atomic E-state index is 12.1. The quantitative estimate of drug-likeness (QED) is 0.938. The van der Waals surface area contributed by atoms with E-state index >= 15 is 0 Å². The van der Waals surface area contributed by atoms with Gasteiger partial charge in [-0.05, 0) is 31.5 Å². The third-order valence-electron chi connectivity index (χ3n) is 3.40. The fourth-order valence-electron chi connectivity index (χ4n) is 2.21. The summed E-state index contributed by atoms with van der Waals surface area (Å²) in [4.78, 5) is 11.3. The molecule has 1 aromatic heterocycles. The molecule has 0 radical (unpaired) electrons. The van der Waals surface area contributed by atoms with Crippen LogP contribution in [0.25, 0.3) is 10.9 Å². The van der Waals surface area contributed by atoms with E-state index in [9.17, 15) is 18.3 Å². The summed E-state index contributed by atoms with van der Waals surface area (Å²) in [5.41, 5.74) is 1.39. The monoisotopic (exact) mass is 295 g/mol. The van der Waals surface area contributed by atoms with Crippen molar-refractivity contribution in [2.75, 3.05) is 0 Å². The second kappa shape index (κ2) is 4.94. The zero-order valence-electron chi connectivity index (χ0n) is 11.6. The first-order chi connectivity index (χ1) is 9.24. The van der Waals surface area contributed by atoms with Crippen LogP contribution in [0.4, 0.5) is 0 Å². The number of aromatic carboxylic acids is 1. The minimum atomic E-state index is -3.28. The zero-order chi connectivity index (χ0) is 15.1. The van der Waals surface area contributed by atoms with Gasteiger partial charge in [0.1, 0.15) is 0 Å². The van der Waals surface area contributed by atoms with Crippen LogP contribution in [0.2, 0.25) is 0 Å². The first-order valence-electron chi connectivity index (χ1n) is 6.26. The van der Waals surface area contributed by atoms with Crippen LogP contribution in [-0.2, 0) is 22.6 Å². The van der Waals surface area contributed by atoms with Crippen molar-refractivity contribution in [2.24, 2.45) is 7.05 Å². The van der Waals surface area contributed by atoms with Crippen molar-refractivity contribution in [1.82, 2.24) is 4.57 Å². The molecule has 0 aliphatic heterocycles. The largest absolute Gasteiger partial charge is 0.478 e. The highest BCUT2D eigenvalue weighted by atomic mass is 32.2. The predicted octanol–water partition coefficient (Wildman–Crippen LogP) is 2.20. The molecule has 20 heavy (non-hydrogen) atoms. The lowest BCUT2D eigenvalue weighted by molar-refractivity contribution is 0.0699. The number of carbonyl (C=O) groups is 1. The summed E-state index contributed by atoms with van der Waals surface area (Å²) in [6.45, 7) is 3.25. The first kappa shape index (κ1) is 14.6. The van der Waals surface area contributed by atoms with Crippen molar-refractivity contribution >= 4 is 26.7 Å². The molecule has 0 aliphatic carbocycles. The van der Waals surface area contributed by atoms with Crippen molar-refractivity contribution in [1.29, 1.82) is 0 Å². The maximum Gasteiger partial charge on any atom is 0.336 e. The Bertz CT molecular complexity index is 772. The molecule has 0 atom stereocenters. The molecule has 6 heteroatoms. The molecule has 0 amide bonds. The van der Waals surface area contributed by atoms with Crippen LogP contribution in [0.5, 0.6) is 0 Å². The summed E-state index contributed by atoms with van der Waals surface area (Å²) in [6, 6.07) is 4.94. The molecule has 0 saturated carbocycles. The Kier molecular flexibility index (Phi) is 3.60. The van der Waals surface area contributed by atoms with Crippen LogP contribution in [0.1, 0.15) is 29.8 Å². The molecule has 0 bridgehead atoms. The standard InChI is InChI=1S/C14H17NO4S/c1-9(2)20(18,19)8-10-7-15(3)12-6-4-5-11(13(10)12)14(16)17/h4-7,9H,8H2,1-3H3,(H,16,17). The summed E-state index contributed by atoms with van der Waals surface area (Å²) in [7, 11) is -1.50. The summed E-state index contributed by atoms with van der Waals surface area (Å²) < 4.78 is 25.9. The highest BCUT2D eigenvalue weighted by Gasteiger charge is 2.22. The lowest BCUT2D eigenvalue weighted by Gasteiger charge is -2.07. The van der Waals surface area contributed by atoms with Crippen LogP contribution in [-0.4, -0.2) is 29.3 Å². The number of carboxylic acids is 1. The van der Waals surface area contributed by atoms with E-state index < -0.39 is 21.1 Å². The van der Waals surface area contributed by atoms with Gasteiger partial charge in [-0.25, -0.2) is 13.2 Å². The molecule has 0 spiro atoms. The Morgan fingerprint density at radius 3 is 2.55 bits per heavy atom. The SMILES string of the molecule is CC(C)S(=O)(=O)Cc1cn(C)c2cccc(C(=O)O)c12. The van der Waals surface area contributed by atoms with Crippen LogP contribution >= 0.6 is 0 Å². The molecule has 0 fully saturated rings. The lowest BCUT2D eigenvalue weighted by atomic mass is 10.1. The number of fused-ring (bicyclic) bond motifs is 1. The molecule has 0 unspecified atom stereocenters. The second-order valence-corrected chi connectivity index (χ2v) is 7.68. The molecule has 2 aromatic rings. The van der Waals surface area contributed by atoms with Gasteiger partial charge in [0.05, 0.1) is 16.6 Å². The second-order valence-electron chi connectivity index (χ2n) is 5.13. The molecule has 0 saturated heterocycles. The van der Waals surface area contributed by atoms with Gasteiger partial charge in [-0.2, -0.15) is 0 Å². The van der Waals surface area contributed by atoms with Crippen LogP contribution in [0.15, 0.2) is 24.4 Å². The fourth-order valence-corrected chi connectivity index (χ4v) is 3.20.